The van der Waals surface area contributed by atoms with Crippen molar-refractivity contribution in [1.29, 1.82) is 0 Å². The molecular formula is C19H26N2O2S2. The number of benzene rings is 2. The largest absolute Gasteiger partial charge is 0.335 e. The zero-order valence-corrected chi connectivity index (χ0v) is 16.4. The summed E-state index contributed by atoms with van der Waals surface area (Å²) in [5, 5.41) is 5.26. The molecule has 2 aromatic rings. The van der Waals surface area contributed by atoms with Crippen LogP contribution in [0.25, 0.3) is 0 Å². The van der Waals surface area contributed by atoms with E-state index in [0.29, 0.717) is 11.1 Å². The summed E-state index contributed by atoms with van der Waals surface area (Å²) < 4.78 is 0. The highest BCUT2D eigenvalue weighted by atomic mass is 32.1. The van der Waals surface area contributed by atoms with Crippen molar-refractivity contribution in [3.05, 3.63) is 71.8 Å². The number of hydrogen-bond donors (Lipinski definition) is 4. The minimum atomic E-state index is -0.214. The Morgan fingerprint density at radius 3 is 1.28 bits per heavy atom. The summed E-state index contributed by atoms with van der Waals surface area (Å²) in [6.07, 6.45) is 0. The lowest BCUT2D eigenvalue weighted by Crippen LogP contribution is -2.37. The van der Waals surface area contributed by atoms with Gasteiger partial charge < -0.3 is 10.6 Å². The Morgan fingerprint density at radius 2 is 1.00 bits per heavy atom. The van der Waals surface area contributed by atoms with Crippen molar-refractivity contribution < 1.29 is 9.59 Å². The summed E-state index contributed by atoms with van der Waals surface area (Å²) in [6.45, 7) is 4.08. The van der Waals surface area contributed by atoms with E-state index in [1.54, 1.807) is 48.5 Å². The Labute approximate surface area is 161 Å². The zero-order chi connectivity index (χ0) is 18.9. The first-order chi connectivity index (χ1) is 12.1. The third-order valence-corrected chi connectivity index (χ3v) is 2.57. The number of hydrogen-bond acceptors (Lipinski definition) is 4. The summed E-state index contributed by atoms with van der Waals surface area (Å²) in [5.41, 5.74) is 1.13. The molecule has 4 nitrogen and oxygen atoms in total. The molecule has 6 heteroatoms. The molecule has 0 saturated heterocycles. The summed E-state index contributed by atoms with van der Waals surface area (Å²) in [5.74, 6) is 1.46. The molecule has 0 spiro atoms. The second-order valence-corrected chi connectivity index (χ2v) is 5.82. The van der Waals surface area contributed by atoms with Gasteiger partial charge in [-0.05, 0) is 35.8 Å². The van der Waals surface area contributed by atoms with Crippen LogP contribution in [0.1, 0.15) is 34.6 Å². The van der Waals surface area contributed by atoms with E-state index >= 15 is 0 Å². The van der Waals surface area contributed by atoms with Crippen molar-refractivity contribution in [2.45, 2.75) is 13.8 Å². The molecule has 0 unspecified atom stereocenters. The SMILES string of the molecule is CCS.CCS.O=C(NCNC(=O)c1ccccc1)c1ccccc1. The van der Waals surface area contributed by atoms with Crippen LogP contribution in [0.4, 0.5) is 0 Å². The Kier molecular flexibility index (Phi) is 14.4. The molecule has 0 fully saturated rings. The summed E-state index contributed by atoms with van der Waals surface area (Å²) in [7, 11) is 0. The summed E-state index contributed by atoms with van der Waals surface area (Å²) in [6, 6.07) is 17.7. The Bertz CT molecular complexity index is 539. The molecule has 136 valence electrons. The van der Waals surface area contributed by atoms with Crippen molar-refractivity contribution >= 4 is 37.1 Å². The van der Waals surface area contributed by atoms with Gasteiger partial charge in [-0.15, -0.1) is 0 Å². The number of nitrogens with one attached hydrogen (secondary N) is 2. The lowest BCUT2D eigenvalue weighted by molar-refractivity contribution is 0.0920. The molecule has 0 aliphatic carbocycles. The molecule has 2 amide bonds. The molecular weight excluding hydrogens is 352 g/mol. The van der Waals surface area contributed by atoms with Gasteiger partial charge in [0.15, 0.2) is 0 Å². The predicted molar refractivity (Wildman–Crippen MR) is 112 cm³/mol. The van der Waals surface area contributed by atoms with Gasteiger partial charge in [0.2, 0.25) is 0 Å². The summed E-state index contributed by atoms with van der Waals surface area (Å²) >= 11 is 7.58. The van der Waals surface area contributed by atoms with Crippen LogP contribution in [-0.4, -0.2) is 30.0 Å². The highest BCUT2D eigenvalue weighted by Gasteiger charge is 2.06. The van der Waals surface area contributed by atoms with Gasteiger partial charge in [-0.2, -0.15) is 25.3 Å². The minimum Gasteiger partial charge on any atom is -0.335 e. The normalized spacial score (nSPS) is 8.80. The van der Waals surface area contributed by atoms with E-state index in [0.717, 1.165) is 11.5 Å². The van der Waals surface area contributed by atoms with Gasteiger partial charge in [0.05, 0.1) is 6.67 Å². The molecule has 0 aliphatic heterocycles. The number of thiol groups is 2. The van der Waals surface area contributed by atoms with Crippen LogP contribution in [0.15, 0.2) is 60.7 Å². The molecule has 0 bridgehead atoms. The molecule has 2 N–H and O–H groups in total. The molecule has 0 atom stereocenters. The first-order valence-corrected chi connectivity index (χ1v) is 9.25. The lowest BCUT2D eigenvalue weighted by atomic mass is 10.2. The number of amides is 2. The molecule has 0 heterocycles. The molecule has 0 radical (unpaired) electrons. The number of carbonyl (C=O) groups is 2. The monoisotopic (exact) mass is 378 g/mol. The lowest BCUT2D eigenvalue weighted by Gasteiger charge is -2.07. The van der Waals surface area contributed by atoms with Crippen molar-refractivity contribution in [2.24, 2.45) is 0 Å². The maximum absolute atomic E-state index is 11.7. The number of rotatable bonds is 4. The van der Waals surface area contributed by atoms with Gasteiger partial charge in [0, 0.05) is 11.1 Å². The first kappa shape index (κ1) is 23.1. The molecule has 0 aliphatic rings. The third-order valence-electron chi connectivity index (χ3n) is 2.57. The van der Waals surface area contributed by atoms with Crippen LogP contribution in [0, 0.1) is 0 Å². The molecule has 0 aromatic heterocycles. The van der Waals surface area contributed by atoms with Gasteiger partial charge in [0.25, 0.3) is 11.8 Å². The van der Waals surface area contributed by atoms with Crippen LogP contribution in [-0.2, 0) is 0 Å². The minimum absolute atomic E-state index is 0.0987. The smallest absolute Gasteiger partial charge is 0.252 e. The molecule has 25 heavy (non-hydrogen) atoms. The topological polar surface area (TPSA) is 58.2 Å². The summed E-state index contributed by atoms with van der Waals surface area (Å²) in [4.78, 5) is 23.4. The standard InChI is InChI=1S/C15H14N2O2.2C2H6S/c18-14(12-7-3-1-4-8-12)16-11-17-15(19)13-9-5-2-6-10-13;2*1-2-3/h1-10H,11H2,(H,16,18)(H,17,19);2*3H,2H2,1H3. The van der Waals surface area contributed by atoms with E-state index in [1.807, 2.05) is 26.0 Å². The van der Waals surface area contributed by atoms with E-state index < -0.39 is 0 Å². The Morgan fingerprint density at radius 1 is 0.720 bits per heavy atom. The van der Waals surface area contributed by atoms with Crippen LogP contribution in [0.2, 0.25) is 0 Å². The molecule has 2 aromatic carbocycles. The fourth-order valence-electron chi connectivity index (χ4n) is 1.59. The van der Waals surface area contributed by atoms with Gasteiger partial charge in [0.1, 0.15) is 0 Å². The second kappa shape index (κ2) is 15.6. The quantitative estimate of drug-likeness (QED) is 0.485. The van der Waals surface area contributed by atoms with E-state index in [9.17, 15) is 9.59 Å². The van der Waals surface area contributed by atoms with Crippen LogP contribution in [0.3, 0.4) is 0 Å². The van der Waals surface area contributed by atoms with Gasteiger partial charge in [-0.25, -0.2) is 0 Å². The third kappa shape index (κ3) is 11.3. The first-order valence-electron chi connectivity index (χ1n) is 7.98. The van der Waals surface area contributed by atoms with Crippen LogP contribution < -0.4 is 10.6 Å². The van der Waals surface area contributed by atoms with Crippen molar-refractivity contribution in [3.8, 4) is 0 Å². The van der Waals surface area contributed by atoms with E-state index in [4.69, 9.17) is 0 Å². The van der Waals surface area contributed by atoms with E-state index in [-0.39, 0.29) is 18.5 Å². The predicted octanol–water partition coefficient (Wildman–Crippen LogP) is 3.68. The average molecular weight is 379 g/mol. The highest BCUT2D eigenvalue weighted by molar-refractivity contribution is 7.80. The van der Waals surface area contributed by atoms with Gasteiger partial charge in [-0.3, -0.25) is 9.59 Å². The number of carbonyl (C=O) groups excluding carboxylic acids is 2. The Balaban J connectivity index is 0.000000844. The Hall–Kier alpha value is -1.92. The fraction of sp³-hybridized carbons (Fsp3) is 0.263. The maximum Gasteiger partial charge on any atom is 0.252 e. The van der Waals surface area contributed by atoms with Crippen molar-refractivity contribution in [3.63, 3.8) is 0 Å². The van der Waals surface area contributed by atoms with Gasteiger partial charge in [-0.1, -0.05) is 50.2 Å². The average Bonchev–Trinajstić information content (AvgIpc) is 2.64. The molecule has 2 rings (SSSR count). The van der Waals surface area contributed by atoms with Crippen molar-refractivity contribution in [2.75, 3.05) is 18.2 Å². The highest BCUT2D eigenvalue weighted by Crippen LogP contribution is 1.98. The maximum atomic E-state index is 11.7. The van der Waals surface area contributed by atoms with E-state index in [1.165, 1.54) is 0 Å². The second-order valence-electron chi connectivity index (χ2n) is 4.55. The molecule has 0 saturated carbocycles. The van der Waals surface area contributed by atoms with Crippen LogP contribution >= 0.6 is 25.3 Å². The van der Waals surface area contributed by atoms with E-state index in [2.05, 4.69) is 35.9 Å². The van der Waals surface area contributed by atoms with Gasteiger partial charge >= 0.3 is 0 Å². The van der Waals surface area contributed by atoms with Crippen LogP contribution in [0.5, 0.6) is 0 Å². The zero-order valence-electron chi connectivity index (χ0n) is 14.6. The fourth-order valence-corrected chi connectivity index (χ4v) is 1.59. The van der Waals surface area contributed by atoms with Crippen molar-refractivity contribution in [1.82, 2.24) is 10.6 Å².